The monoisotopic (exact) mass is 448 g/mol. The molecule has 5 nitrogen and oxygen atoms in total. The first-order chi connectivity index (χ1) is 16.1. The number of aliphatic hydroxyl groups is 1. The summed E-state index contributed by atoms with van der Waals surface area (Å²) >= 11 is 0. The highest BCUT2D eigenvalue weighted by atomic mass is 19.1. The minimum atomic E-state index is -0.743. The molecular formula is C27H29FN2O3. The van der Waals surface area contributed by atoms with Crippen molar-refractivity contribution in [2.75, 3.05) is 19.7 Å². The molecule has 2 unspecified atom stereocenters. The normalized spacial score (nSPS) is 16.4. The molecule has 1 aliphatic rings. The van der Waals surface area contributed by atoms with Crippen LogP contribution in [-0.4, -0.2) is 47.6 Å². The van der Waals surface area contributed by atoms with Crippen molar-refractivity contribution in [2.45, 2.75) is 32.1 Å². The molecule has 1 aliphatic heterocycles. The molecule has 3 aromatic rings. The van der Waals surface area contributed by atoms with Crippen LogP contribution in [0.5, 0.6) is 5.75 Å². The van der Waals surface area contributed by atoms with E-state index in [-0.39, 0.29) is 18.5 Å². The van der Waals surface area contributed by atoms with Crippen LogP contribution < -0.4 is 4.74 Å². The van der Waals surface area contributed by atoms with E-state index in [9.17, 15) is 9.50 Å². The number of ether oxygens (including phenoxy) is 1. The Kier molecular flexibility index (Phi) is 7.70. The lowest BCUT2D eigenvalue weighted by Gasteiger charge is -2.27. The zero-order valence-corrected chi connectivity index (χ0v) is 18.7. The number of hydrogen-bond acceptors (Lipinski definition) is 5. The first-order valence-corrected chi connectivity index (χ1v) is 11.2. The highest BCUT2D eigenvalue weighted by Gasteiger charge is 2.26. The quantitative estimate of drug-likeness (QED) is 0.494. The number of oxime groups is 1. The van der Waals surface area contributed by atoms with Gasteiger partial charge < -0.3 is 14.7 Å². The average Bonchev–Trinajstić information content (AvgIpc) is 3.29. The summed E-state index contributed by atoms with van der Waals surface area (Å²) in [4.78, 5) is 7.68. The van der Waals surface area contributed by atoms with Crippen molar-refractivity contribution in [2.24, 2.45) is 5.16 Å². The molecule has 0 amide bonds. The molecule has 172 valence electrons. The standard InChI is InChI=1S/C27H29FN2O3/c1-20-9-5-8-14-27(20)32-19-23(31)17-30(16-22-12-6-7-13-25(22)28)18-24-15-26(29-33-24)21-10-3-2-4-11-21/h2-14,23-24,31H,15-19H2,1H3. The summed E-state index contributed by atoms with van der Waals surface area (Å²) in [5.74, 6) is 0.485. The van der Waals surface area contributed by atoms with Gasteiger partial charge in [0.2, 0.25) is 0 Å². The van der Waals surface area contributed by atoms with Gasteiger partial charge in [0.25, 0.3) is 0 Å². The molecule has 0 radical (unpaired) electrons. The van der Waals surface area contributed by atoms with Gasteiger partial charge in [0.1, 0.15) is 30.4 Å². The van der Waals surface area contributed by atoms with Crippen LogP contribution in [0.25, 0.3) is 0 Å². The van der Waals surface area contributed by atoms with Crippen molar-refractivity contribution in [3.63, 3.8) is 0 Å². The molecule has 0 bridgehead atoms. The van der Waals surface area contributed by atoms with Crippen molar-refractivity contribution in [1.82, 2.24) is 4.90 Å². The van der Waals surface area contributed by atoms with Gasteiger partial charge in [-0.05, 0) is 30.2 Å². The van der Waals surface area contributed by atoms with Crippen LogP contribution in [-0.2, 0) is 11.4 Å². The molecule has 0 aliphatic carbocycles. The number of aliphatic hydroxyl groups excluding tert-OH is 1. The van der Waals surface area contributed by atoms with E-state index >= 15 is 0 Å². The lowest BCUT2D eigenvalue weighted by Crippen LogP contribution is -2.40. The highest BCUT2D eigenvalue weighted by molar-refractivity contribution is 6.01. The molecule has 0 saturated carbocycles. The topological polar surface area (TPSA) is 54.3 Å². The highest BCUT2D eigenvalue weighted by Crippen LogP contribution is 2.20. The first-order valence-electron chi connectivity index (χ1n) is 11.2. The van der Waals surface area contributed by atoms with E-state index in [0.29, 0.717) is 31.6 Å². The fourth-order valence-electron chi connectivity index (χ4n) is 3.94. The summed E-state index contributed by atoms with van der Waals surface area (Å²) in [7, 11) is 0. The predicted molar refractivity (Wildman–Crippen MR) is 127 cm³/mol. The number of benzene rings is 3. The second-order valence-corrected chi connectivity index (χ2v) is 8.35. The minimum absolute atomic E-state index is 0.149. The van der Waals surface area contributed by atoms with E-state index in [1.165, 1.54) is 6.07 Å². The molecule has 2 atom stereocenters. The fourth-order valence-corrected chi connectivity index (χ4v) is 3.94. The van der Waals surface area contributed by atoms with Gasteiger partial charge in [0.05, 0.1) is 5.71 Å². The van der Waals surface area contributed by atoms with Crippen LogP contribution in [0.15, 0.2) is 84.0 Å². The Hall–Kier alpha value is -3.22. The summed E-state index contributed by atoms with van der Waals surface area (Å²) in [5.41, 5.74) is 3.52. The largest absolute Gasteiger partial charge is 0.491 e. The van der Waals surface area contributed by atoms with Gasteiger partial charge in [0.15, 0.2) is 0 Å². The average molecular weight is 449 g/mol. The molecule has 0 saturated heterocycles. The molecule has 6 heteroatoms. The number of halogens is 1. The molecule has 0 aromatic heterocycles. The number of nitrogens with zero attached hydrogens (tertiary/aromatic N) is 2. The van der Waals surface area contributed by atoms with Gasteiger partial charge >= 0.3 is 0 Å². The Morgan fingerprint density at radius 3 is 2.58 bits per heavy atom. The van der Waals surface area contributed by atoms with Crippen LogP contribution in [0, 0.1) is 12.7 Å². The van der Waals surface area contributed by atoms with E-state index in [0.717, 1.165) is 22.6 Å². The summed E-state index contributed by atoms with van der Waals surface area (Å²) < 4.78 is 20.1. The maximum Gasteiger partial charge on any atom is 0.145 e. The zero-order chi connectivity index (χ0) is 23.0. The Labute approximate surface area is 194 Å². The maximum atomic E-state index is 14.3. The number of rotatable bonds is 10. The number of aryl methyl sites for hydroxylation is 1. The van der Waals surface area contributed by atoms with Crippen molar-refractivity contribution in [3.8, 4) is 5.75 Å². The Balaban J connectivity index is 1.39. The Morgan fingerprint density at radius 1 is 1.06 bits per heavy atom. The van der Waals surface area contributed by atoms with Crippen LogP contribution in [0.1, 0.15) is 23.1 Å². The van der Waals surface area contributed by atoms with Crippen molar-refractivity contribution < 1.29 is 19.1 Å². The first kappa shape index (κ1) is 23.0. The van der Waals surface area contributed by atoms with Gasteiger partial charge in [-0.1, -0.05) is 71.9 Å². The molecule has 0 fully saturated rings. The fraction of sp³-hybridized carbons (Fsp3) is 0.296. The van der Waals surface area contributed by atoms with Crippen LogP contribution in [0.4, 0.5) is 4.39 Å². The molecule has 1 heterocycles. The summed E-state index contributed by atoms with van der Waals surface area (Å²) in [6.07, 6.45) is -0.253. The van der Waals surface area contributed by atoms with E-state index < -0.39 is 6.10 Å². The molecule has 33 heavy (non-hydrogen) atoms. The van der Waals surface area contributed by atoms with Gasteiger partial charge in [0, 0.05) is 31.6 Å². The minimum Gasteiger partial charge on any atom is -0.491 e. The summed E-state index contributed by atoms with van der Waals surface area (Å²) in [5, 5.41) is 15.0. The molecule has 4 rings (SSSR count). The SMILES string of the molecule is Cc1ccccc1OCC(O)CN(Cc1ccccc1F)CC1CC(c2ccccc2)=NO1. The van der Waals surface area contributed by atoms with E-state index in [1.807, 2.05) is 72.5 Å². The van der Waals surface area contributed by atoms with Gasteiger partial charge in [-0.2, -0.15) is 0 Å². The van der Waals surface area contributed by atoms with E-state index in [1.54, 1.807) is 12.1 Å². The van der Waals surface area contributed by atoms with E-state index in [4.69, 9.17) is 9.57 Å². The predicted octanol–water partition coefficient (Wildman–Crippen LogP) is 4.57. The van der Waals surface area contributed by atoms with Crippen molar-refractivity contribution in [1.29, 1.82) is 0 Å². The van der Waals surface area contributed by atoms with E-state index in [2.05, 4.69) is 5.16 Å². The second-order valence-electron chi connectivity index (χ2n) is 8.35. The Bertz CT molecular complexity index is 1070. The van der Waals surface area contributed by atoms with Gasteiger partial charge in [-0.25, -0.2) is 4.39 Å². The molecule has 3 aromatic carbocycles. The molecule has 1 N–H and O–H groups in total. The van der Waals surface area contributed by atoms with Crippen molar-refractivity contribution >= 4 is 5.71 Å². The summed E-state index contributed by atoms with van der Waals surface area (Å²) in [6.45, 7) is 3.30. The van der Waals surface area contributed by atoms with Gasteiger partial charge in [-0.3, -0.25) is 4.90 Å². The third-order valence-electron chi connectivity index (χ3n) is 5.65. The molecule has 0 spiro atoms. The smallest absolute Gasteiger partial charge is 0.145 e. The molecular weight excluding hydrogens is 419 g/mol. The number of para-hydroxylation sites is 1. The van der Waals surface area contributed by atoms with Crippen LogP contribution in [0.3, 0.4) is 0 Å². The van der Waals surface area contributed by atoms with Gasteiger partial charge in [-0.15, -0.1) is 0 Å². The summed E-state index contributed by atoms with van der Waals surface area (Å²) in [6, 6.07) is 24.3. The lowest BCUT2D eigenvalue weighted by atomic mass is 10.0. The van der Waals surface area contributed by atoms with Crippen molar-refractivity contribution in [3.05, 3.63) is 101 Å². The van der Waals surface area contributed by atoms with Crippen LogP contribution in [0.2, 0.25) is 0 Å². The maximum absolute atomic E-state index is 14.3. The second kappa shape index (κ2) is 11.1. The third-order valence-corrected chi connectivity index (χ3v) is 5.65. The third kappa shape index (κ3) is 6.40. The lowest BCUT2D eigenvalue weighted by molar-refractivity contribution is 0.0209. The van der Waals surface area contributed by atoms with Crippen LogP contribution >= 0.6 is 0 Å². The Morgan fingerprint density at radius 2 is 1.79 bits per heavy atom. The number of hydrogen-bond donors (Lipinski definition) is 1. The zero-order valence-electron chi connectivity index (χ0n) is 18.7.